The van der Waals surface area contributed by atoms with Crippen molar-refractivity contribution < 1.29 is 22.7 Å². The molecule has 0 N–H and O–H groups in total. The van der Waals surface area contributed by atoms with Gasteiger partial charge < -0.3 is 9.64 Å². The Morgan fingerprint density at radius 1 is 1.07 bits per heavy atom. The molecular weight excluding hydrogens is 404 g/mol. The minimum absolute atomic E-state index is 0.00254. The summed E-state index contributed by atoms with van der Waals surface area (Å²) in [5.74, 6) is -1.26. The number of benzene rings is 2. The second-order valence-corrected chi connectivity index (χ2v) is 9.14. The molecule has 0 bridgehead atoms. The summed E-state index contributed by atoms with van der Waals surface area (Å²) in [5.41, 5.74) is 3.17. The SMILES string of the molecule is Cc1cc(C)cc(N(CCC#N)C(=O)COC(=O)c2cc(S(C)(=O)=O)ccc2C)c1. The number of hydrogen-bond donors (Lipinski definition) is 0. The fourth-order valence-corrected chi connectivity index (χ4v) is 3.65. The van der Waals surface area contributed by atoms with Crippen molar-refractivity contribution in [1.29, 1.82) is 5.26 Å². The molecule has 2 aromatic rings. The van der Waals surface area contributed by atoms with E-state index in [1.54, 1.807) is 6.92 Å². The molecule has 0 aliphatic carbocycles. The lowest BCUT2D eigenvalue weighted by Gasteiger charge is -2.22. The molecule has 30 heavy (non-hydrogen) atoms. The largest absolute Gasteiger partial charge is 0.452 e. The van der Waals surface area contributed by atoms with Crippen LogP contribution < -0.4 is 4.90 Å². The van der Waals surface area contributed by atoms with Crippen LogP contribution in [0.25, 0.3) is 0 Å². The average molecular weight is 429 g/mol. The number of sulfone groups is 1. The lowest BCUT2D eigenvalue weighted by Crippen LogP contribution is -2.35. The number of amides is 1. The number of carbonyl (C=O) groups is 2. The van der Waals surface area contributed by atoms with Gasteiger partial charge in [0.15, 0.2) is 16.4 Å². The monoisotopic (exact) mass is 428 g/mol. The highest BCUT2D eigenvalue weighted by Gasteiger charge is 2.20. The van der Waals surface area contributed by atoms with Crippen molar-refractivity contribution in [3.8, 4) is 6.07 Å². The highest BCUT2D eigenvalue weighted by Crippen LogP contribution is 2.20. The van der Waals surface area contributed by atoms with Gasteiger partial charge in [0.05, 0.1) is 22.9 Å². The van der Waals surface area contributed by atoms with E-state index in [2.05, 4.69) is 0 Å². The van der Waals surface area contributed by atoms with Crippen molar-refractivity contribution in [2.45, 2.75) is 32.1 Å². The molecule has 0 saturated carbocycles. The zero-order valence-corrected chi connectivity index (χ0v) is 18.2. The maximum Gasteiger partial charge on any atom is 0.338 e. The molecule has 2 aromatic carbocycles. The lowest BCUT2D eigenvalue weighted by molar-refractivity contribution is -0.121. The summed E-state index contributed by atoms with van der Waals surface area (Å²) in [5, 5.41) is 8.92. The van der Waals surface area contributed by atoms with Gasteiger partial charge >= 0.3 is 5.97 Å². The Hall–Kier alpha value is -3.18. The molecular formula is C22H24N2O5S. The third-order valence-electron chi connectivity index (χ3n) is 4.45. The molecule has 0 aliphatic rings. The minimum atomic E-state index is -3.49. The molecule has 0 heterocycles. The number of carbonyl (C=O) groups excluding carboxylic acids is 2. The van der Waals surface area contributed by atoms with Gasteiger partial charge in [-0.05, 0) is 61.7 Å². The average Bonchev–Trinajstić information content (AvgIpc) is 2.65. The fourth-order valence-electron chi connectivity index (χ4n) is 3.00. The zero-order valence-electron chi connectivity index (χ0n) is 17.4. The van der Waals surface area contributed by atoms with E-state index in [1.165, 1.54) is 23.1 Å². The first-order valence-corrected chi connectivity index (χ1v) is 11.2. The first-order valence-electron chi connectivity index (χ1n) is 9.26. The molecule has 0 aromatic heterocycles. The third kappa shape index (κ3) is 5.91. The van der Waals surface area contributed by atoms with Gasteiger partial charge in [0.2, 0.25) is 0 Å². The summed E-state index contributed by atoms with van der Waals surface area (Å²) in [4.78, 5) is 26.7. The Balaban J connectivity index is 2.21. The van der Waals surface area contributed by atoms with Crippen molar-refractivity contribution in [2.75, 3.05) is 24.3 Å². The van der Waals surface area contributed by atoms with E-state index in [0.717, 1.165) is 17.4 Å². The smallest absolute Gasteiger partial charge is 0.338 e. The summed E-state index contributed by atoms with van der Waals surface area (Å²) in [6.45, 7) is 5.10. The first kappa shape index (κ1) is 23.1. The number of aryl methyl sites for hydroxylation is 3. The lowest BCUT2D eigenvalue weighted by atomic mass is 10.1. The quantitative estimate of drug-likeness (QED) is 0.628. The van der Waals surface area contributed by atoms with Crippen LogP contribution in [0, 0.1) is 32.1 Å². The van der Waals surface area contributed by atoms with Crippen LogP contribution in [0.2, 0.25) is 0 Å². The van der Waals surface area contributed by atoms with E-state index < -0.39 is 28.3 Å². The summed E-state index contributed by atoms with van der Waals surface area (Å²) >= 11 is 0. The van der Waals surface area contributed by atoms with Crippen LogP contribution in [-0.2, 0) is 19.4 Å². The van der Waals surface area contributed by atoms with Gasteiger partial charge in [0.25, 0.3) is 5.91 Å². The Bertz CT molecular complexity index is 1100. The number of rotatable bonds is 7. The fraction of sp³-hybridized carbons (Fsp3) is 0.318. The molecule has 1 amide bonds. The minimum Gasteiger partial charge on any atom is -0.452 e. The zero-order chi connectivity index (χ0) is 22.5. The van der Waals surface area contributed by atoms with E-state index in [1.807, 2.05) is 38.1 Å². The summed E-state index contributed by atoms with van der Waals surface area (Å²) < 4.78 is 28.7. The second-order valence-electron chi connectivity index (χ2n) is 7.12. The van der Waals surface area contributed by atoms with Crippen LogP contribution in [0.15, 0.2) is 41.3 Å². The first-order chi connectivity index (χ1) is 14.0. The van der Waals surface area contributed by atoms with Gasteiger partial charge in [-0.1, -0.05) is 12.1 Å². The third-order valence-corrected chi connectivity index (χ3v) is 5.56. The standard InChI is InChI=1S/C22H24N2O5S/c1-15-10-16(2)12-18(11-15)24(9-5-8-23)21(25)14-29-22(26)20-13-19(30(4,27)28)7-6-17(20)3/h6-7,10-13H,5,9,14H2,1-4H3. The van der Waals surface area contributed by atoms with E-state index in [9.17, 15) is 18.0 Å². The van der Waals surface area contributed by atoms with Crippen LogP contribution in [-0.4, -0.2) is 39.7 Å². The molecule has 8 heteroatoms. The van der Waals surface area contributed by atoms with E-state index >= 15 is 0 Å². The Morgan fingerprint density at radius 3 is 2.27 bits per heavy atom. The van der Waals surface area contributed by atoms with E-state index in [-0.39, 0.29) is 23.4 Å². The van der Waals surface area contributed by atoms with Crippen LogP contribution in [0.4, 0.5) is 5.69 Å². The Kier molecular flexibility index (Phi) is 7.35. The van der Waals surface area contributed by atoms with E-state index in [0.29, 0.717) is 11.3 Å². The van der Waals surface area contributed by atoms with Crippen LogP contribution in [0.5, 0.6) is 0 Å². The molecule has 0 saturated heterocycles. The van der Waals surface area contributed by atoms with E-state index in [4.69, 9.17) is 10.00 Å². The van der Waals surface area contributed by atoms with Crippen LogP contribution in [0.1, 0.15) is 33.5 Å². The summed E-state index contributed by atoms with van der Waals surface area (Å²) in [7, 11) is -3.49. The van der Waals surface area contributed by atoms with Crippen molar-refractivity contribution in [1.82, 2.24) is 0 Å². The highest BCUT2D eigenvalue weighted by atomic mass is 32.2. The molecule has 158 valence electrons. The van der Waals surface area contributed by atoms with Crippen LogP contribution >= 0.6 is 0 Å². The van der Waals surface area contributed by atoms with Crippen molar-refractivity contribution >= 4 is 27.4 Å². The summed E-state index contributed by atoms with van der Waals surface area (Å²) in [6, 6.07) is 11.8. The number of nitrogens with zero attached hydrogens (tertiary/aromatic N) is 2. The molecule has 0 spiro atoms. The molecule has 2 rings (SSSR count). The van der Waals surface area contributed by atoms with Crippen LogP contribution in [0.3, 0.4) is 0 Å². The Morgan fingerprint density at radius 2 is 1.70 bits per heavy atom. The molecule has 0 atom stereocenters. The summed E-state index contributed by atoms with van der Waals surface area (Å²) in [6.07, 6.45) is 1.18. The van der Waals surface area contributed by atoms with Gasteiger partial charge in [-0.15, -0.1) is 0 Å². The topological polar surface area (TPSA) is 105 Å². The number of nitriles is 1. The number of hydrogen-bond acceptors (Lipinski definition) is 6. The Labute approximate surface area is 176 Å². The molecule has 7 nitrogen and oxygen atoms in total. The highest BCUT2D eigenvalue weighted by molar-refractivity contribution is 7.90. The predicted octanol–water partition coefficient (Wildman–Crippen LogP) is 3.12. The number of ether oxygens (including phenoxy) is 1. The molecule has 0 fully saturated rings. The van der Waals surface area contributed by atoms with Gasteiger partial charge in [-0.25, -0.2) is 13.2 Å². The number of anilines is 1. The van der Waals surface area contributed by atoms with Crippen molar-refractivity contribution in [3.63, 3.8) is 0 Å². The molecule has 0 radical (unpaired) electrons. The normalized spacial score (nSPS) is 10.9. The predicted molar refractivity (Wildman–Crippen MR) is 113 cm³/mol. The maximum absolute atomic E-state index is 12.8. The maximum atomic E-state index is 12.8. The van der Waals surface area contributed by atoms with Gasteiger partial charge in [0.1, 0.15) is 0 Å². The number of esters is 1. The second kappa shape index (κ2) is 9.55. The van der Waals surface area contributed by atoms with Gasteiger partial charge in [0, 0.05) is 18.5 Å². The van der Waals surface area contributed by atoms with Crippen molar-refractivity contribution in [2.24, 2.45) is 0 Å². The van der Waals surface area contributed by atoms with Crippen molar-refractivity contribution in [3.05, 3.63) is 58.7 Å². The molecule has 0 aliphatic heterocycles. The van der Waals surface area contributed by atoms with Gasteiger partial charge in [-0.2, -0.15) is 5.26 Å². The molecule has 0 unspecified atom stereocenters. The van der Waals surface area contributed by atoms with Gasteiger partial charge in [-0.3, -0.25) is 4.79 Å².